The second-order valence-corrected chi connectivity index (χ2v) is 7.70. The SMILES string of the molecule is CNS(=O)(=O)c1ccc(N(C)CC2CCCCC2)c(N)c1. The number of benzene rings is 1. The van der Waals surface area contributed by atoms with Gasteiger partial charge in [-0.2, -0.15) is 0 Å². The van der Waals surface area contributed by atoms with Gasteiger partial charge in [0, 0.05) is 13.6 Å². The molecule has 0 saturated heterocycles. The molecule has 0 atom stereocenters. The topological polar surface area (TPSA) is 75.4 Å². The van der Waals surface area contributed by atoms with Gasteiger partial charge in [-0.05, 0) is 44.0 Å². The number of nitrogens with zero attached hydrogens (tertiary/aromatic N) is 1. The van der Waals surface area contributed by atoms with Crippen molar-refractivity contribution in [1.29, 1.82) is 0 Å². The number of hydrogen-bond donors (Lipinski definition) is 2. The fourth-order valence-corrected chi connectivity index (χ4v) is 3.79. The smallest absolute Gasteiger partial charge is 0.240 e. The van der Waals surface area contributed by atoms with E-state index in [0.29, 0.717) is 11.6 Å². The molecule has 0 spiro atoms. The van der Waals surface area contributed by atoms with E-state index in [2.05, 4.69) is 9.62 Å². The van der Waals surface area contributed by atoms with Crippen LogP contribution in [0.15, 0.2) is 23.1 Å². The lowest BCUT2D eigenvalue weighted by atomic mass is 9.89. The summed E-state index contributed by atoms with van der Waals surface area (Å²) >= 11 is 0. The molecular formula is C15H25N3O2S. The van der Waals surface area contributed by atoms with Gasteiger partial charge in [0.1, 0.15) is 0 Å². The Hall–Kier alpha value is -1.27. The monoisotopic (exact) mass is 311 g/mol. The van der Waals surface area contributed by atoms with Gasteiger partial charge < -0.3 is 10.6 Å². The molecule has 0 amide bonds. The third kappa shape index (κ3) is 3.89. The normalized spacial score (nSPS) is 16.9. The largest absolute Gasteiger partial charge is 0.397 e. The third-order valence-electron chi connectivity index (χ3n) is 4.25. The molecule has 0 aliphatic heterocycles. The zero-order valence-electron chi connectivity index (χ0n) is 12.8. The van der Waals surface area contributed by atoms with Crippen molar-refractivity contribution in [3.8, 4) is 0 Å². The lowest BCUT2D eigenvalue weighted by molar-refractivity contribution is 0.362. The third-order valence-corrected chi connectivity index (χ3v) is 5.66. The number of nitrogens with two attached hydrogens (primary N) is 1. The molecule has 21 heavy (non-hydrogen) atoms. The van der Waals surface area contributed by atoms with Gasteiger partial charge >= 0.3 is 0 Å². The van der Waals surface area contributed by atoms with E-state index in [1.807, 2.05) is 7.05 Å². The highest BCUT2D eigenvalue weighted by Gasteiger charge is 2.18. The van der Waals surface area contributed by atoms with E-state index in [1.54, 1.807) is 12.1 Å². The van der Waals surface area contributed by atoms with Crippen molar-refractivity contribution in [2.75, 3.05) is 31.3 Å². The van der Waals surface area contributed by atoms with E-state index in [-0.39, 0.29) is 4.90 Å². The molecule has 0 bridgehead atoms. The molecule has 1 aromatic rings. The van der Waals surface area contributed by atoms with Crippen LogP contribution < -0.4 is 15.4 Å². The van der Waals surface area contributed by atoms with E-state index in [1.165, 1.54) is 45.2 Å². The molecule has 0 radical (unpaired) electrons. The zero-order valence-corrected chi connectivity index (χ0v) is 13.6. The molecule has 0 unspecified atom stereocenters. The molecule has 1 fully saturated rings. The highest BCUT2D eigenvalue weighted by Crippen LogP contribution is 2.29. The maximum atomic E-state index is 11.8. The van der Waals surface area contributed by atoms with Gasteiger partial charge in [0.25, 0.3) is 0 Å². The van der Waals surface area contributed by atoms with Gasteiger partial charge in [-0.3, -0.25) is 0 Å². The van der Waals surface area contributed by atoms with Crippen molar-refractivity contribution < 1.29 is 8.42 Å². The predicted octanol–water partition coefficient (Wildman–Crippen LogP) is 2.19. The van der Waals surface area contributed by atoms with Gasteiger partial charge in [0.2, 0.25) is 10.0 Å². The number of sulfonamides is 1. The average molecular weight is 311 g/mol. The summed E-state index contributed by atoms with van der Waals surface area (Å²) in [6.07, 6.45) is 6.52. The van der Waals surface area contributed by atoms with Crippen LogP contribution in [0.1, 0.15) is 32.1 Å². The number of anilines is 2. The average Bonchev–Trinajstić information content (AvgIpc) is 2.48. The fourth-order valence-electron chi connectivity index (χ4n) is 3.02. The minimum atomic E-state index is -3.44. The Kier molecular flexibility index (Phi) is 5.11. The van der Waals surface area contributed by atoms with Crippen molar-refractivity contribution >= 4 is 21.4 Å². The van der Waals surface area contributed by atoms with Crippen molar-refractivity contribution in [3.63, 3.8) is 0 Å². The highest BCUT2D eigenvalue weighted by atomic mass is 32.2. The summed E-state index contributed by atoms with van der Waals surface area (Å²) in [5.74, 6) is 0.712. The Morgan fingerprint density at radius 2 is 1.95 bits per heavy atom. The van der Waals surface area contributed by atoms with E-state index in [9.17, 15) is 8.42 Å². The Bertz CT molecular complexity index is 581. The standard InChI is InChI=1S/C15H25N3O2S/c1-17-21(19,20)13-8-9-15(14(16)10-13)18(2)11-12-6-4-3-5-7-12/h8-10,12,17H,3-7,11,16H2,1-2H3. The molecule has 5 nitrogen and oxygen atoms in total. The van der Waals surface area contributed by atoms with Crippen LogP contribution in [0.2, 0.25) is 0 Å². The molecule has 2 rings (SSSR count). The van der Waals surface area contributed by atoms with Gasteiger partial charge in [0.05, 0.1) is 16.3 Å². The minimum absolute atomic E-state index is 0.206. The first kappa shape index (κ1) is 16.1. The van der Waals surface area contributed by atoms with Crippen LogP contribution in [-0.2, 0) is 10.0 Å². The number of nitrogen functional groups attached to an aromatic ring is 1. The second kappa shape index (κ2) is 6.66. The maximum Gasteiger partial charge on any atom is 0.240 e. The summed E-state index contributed by atoms with van der Waals surface area (Å²) in [6.45, 7) is 0.975. The molecule has 1 aromatic carbocycles. The van der Waals surface area contributed by atoms with Crippen LogP contribution in [0.5, 0.6) is 0 Å². The Labute approximate surface area is 127 Å². The summed E-state index contributed by atoms with van der Waals surface area (Å²) in [5, 5.41) is 0. The first-order chi connectivity index (χ1) is 9.94. The van der Waals surface area contributed by atoms with Crippen LogP contribution in [0, 0.1) is 5.92 Å². The van der Waals surface area contributed by atoms with Crippen molar-refractivity contribution in [2.45, 2.75) is 37.0 Å². The Morgan fingerprint density at radius 1 is 1.29 bits per heavy atom. The molecule has 1 aliphatic carbocycles. The van der Waals surface area contributed by atoms with Crippen LogP contribution in [-0.4, -0.2) is 29.1 Å². The number of rotatable bonds is 5. The highest BCUT2D eigenvalue weighted by molar-refractivity contribution is 7.89. The van der Waals surface area contributed by atoms with Crippen LogP contribution in [0.25, 0.3) is 0 Å². The van der Waals surface area contributed by atoms with Crippen molar-refractivity contribution in [2.24, 2.45) is 5.92 Å². The second-order valence-electron chi connectivity index (χ2n) is 5.81. The summed E-state index contributed by atoms with van der Waals surface area (Å²) < 4.78 is 25.8. The van der Waals surface area contributed by atoms with Gasteiger partial charge in [-0.1, -0.05) is 19.3 Å². The molecule has 1 aliphatic rings. The van der Waals surface area contributed by atoms with Crippen LogP contribution in [0.3, 0.4) is 0 Å². The predicted molar refractivity (Wildman–Crippen MR) is 86.9 cm³/mol. The van der Waals surface area contributed by atoms with Crippen molar-refractivity contribution in [3.05, 3.63) is 18.2 Å². The molecule has 0 heterocycles. The van der Waals surface area contributed by atoms with Gasteiger partial charge in [-0.25, -0.2) is 13.1 Å². The Morgan fingerprint density at radius 3 is 2.52 bits per heavy atom. The number of hydrogen-bond acceptors (Lipinski definition) is 4. The van der Waals surface area contributed by atoms with E-state index in [0.717, 1.165) is 12.2 Å². The Balaban J connectivity index is 2.12. The van der Waals surface area contributed by atoms with Crippen LogP contribution in [0.4, 0.5) is 11.4 Å². The summed E-state index contributed by atoms with van der Waals surface area (Å²) in [4.78, 5) is 2.35. The van der Waals surface area contributed by atoms with Crippen molar-refractivity contribution in [1.82, 2.24) is 4.72 Å². The molecule has 0 aromatic heterocycles. The quantitative estimate of drug-likeness (QED) is 0.817. The molecule has 6 heteroatoms. The lowest BCUT2D eigenvalue weighted by Crippen LogP contribution is -2.27. The van der Waals surface area contributed by atoms with E-state index < -0.39 is 10.0 Å². The lowest BCUT2D eigenvalue weighted by Gasteiger charge is -2.29. The first-order valence-electron chi connectivity index (χ1n) is 7.48. The minimum Gasteiger partial charge on any atom is -0.397 e. The molecule has 118 valence electrons. The fraction of sp³-hybridized carbons (Fsp3) is 0.600. The molecular weight excluding hydrogens is 286 g/mol. The summed E-state index contributed by atoms with van der Waals surface area (Å²) in [6, 6.07) is 4.93. The maximum absolute atomic E-state index is 11.8. The molecule has 1 saturated carbocycles. The van der Waals surface area contributed by atoms with E-state index >= 15 is 0 Å². The van der Waals surface area contributed by atoms with Gasteiger partial charge in [0.15, 0.2) is 0 Å². The zero-order chi connectivity index (χ0) is 15.5. The van der Waals surface area contributed by atoms with Crippen LogP contribution >= 0.6 is 0 Å². The summed E-state index contributed by atoms with van der Waals surface area (Å²) in [7, 11) is -0.0210. The van der Waals surface area contributed by atoms with Gasteiger partial charge in [-0.15, -0.1) is 0 Å². The summed E-state index contributed by atoms with van der Waals surface area (Å²) in [5.41, 5.74) is 7.45. The first-order valence-corrected chi connectivity index (χ1v) is 8.96. The molecule has 3 N–H and O–H groups in total. The number of nitrogens with one attached hydrogen (secondary N) is 1. The van der Waals surface area contributed by atoms with E-state index in [4.69, 9.17) is 5.73 Å².